The number of H-pyrrole nitrogens is 1. The molecule has 0 spiro atoms. The summed E-state index contributed by atoms with van der Waals surface area (Å²) in [5.41, 5.74) is 0.329. The van der Waals surface area contributed by atoms with Crippen LogP contribution in [0.4, 0.5) is 0 Å². The van der Waals surface area contributed by atoms with Gasteiger partial charge in [-0.2, -0.15) is 5.10 Å². The summed E-state index contributed by atoms with van der Waals surface area (Å²) in [5.74, 6) is 0.314. The second kappa shape index (κ2) is 5.76. The van der Waals surface area contributed by atoms with Crippen molar-refractivity contribution in [3.63, 3.8) is 0 Å². The molecule has 118 valence electrons. The number of nitrogens with one attached hydrogen (secondary N) is 2. The first-order valence-corrected chi connectivity index (χ1v) is 8.65. The summed E-state index contributed by atoms with van der Waals surface area (Å²) in [6.07, 6.45) is 1.77. The van der Waals surface area contributed by atoms with E-state index in [2.05, 4.69) is 29.4 Å². The highest BCUT2D eigenvalue weighted by molar-refractivity contribution is 7.89. The molecule has 1 aliphatic carbocycles. The summed E-state index contributed by atoms with van der Waals surface area (Å²) < 4.78 is 23.5. The number of nitrogens with two attached hydrogens (primary N) is 1. The number of amides is 1. The molecule has 1 fully saturated rings. The molecule has 8 heteroatoms. The minimum atomic E-state index is -3.98. The van der Waals surface area contributed by atoms with E-state index in [0.29, 0.717) is 18.2 Å². The Balaban J connectivity index is 2.21. The number of nitrogens with zero attached hydrogens (tertiary/aromatic N) is 1. The van der Waals surface area contributed by atoms with E-state index in [4.69, 9.17) is 5.14 Å². The number of aromatic amines is 1. The van der Waals surface area contributed by atoms with Crippen LogP contribution in [0.5, 0.6) is 0 Å². The van der Waals surface area contributed by atoms with Gasteiger partial charge in [0.25, 0.3) is 5.91 Å². The van der Waals surface area contributed by atoms with Crippen LogP contribution in [0.2, 0.25) is 0 Å². The fourth-order valence-electron chi connectivity index (χ4n) is 2.01. The van der Waals surface area contributed by atoms with E-state index in [1.807, 2.05) is 6.92 Å². The van der Waals surface area contributed by atoms with Gasteiger partial charge in [0.1, 0.15) is 4.90 Å². The Morgan fingerprint density at radius 1 is 1.43 bits per heavy atom. The van der Waals surface area contributed by atoms with Gasteiger partial charge in [0.05, 0.1) is 5.69 Å². The van der Waals surface area contributed by atoms with Gasteiger partial charge in [-0.25, -0.2) is 13.6 Å². The van der Waals surface area contributed by atoms with Crippen molar-refractivity contribution >= 4 is 15.9 Å². The minimum Gasteiger partial charge on any atom is -0.350 e. The Kier molecular flexibility index (Phi) is 4.38. The second-order valence-corrected chi connectivity index (χ2v) is 7.56. The number of hydrogen-bond acceptors (Lipinski definition) is 4. The van der Waals surface area contributed by atoms with Crippen molar-refractivity contribution in [2.75, 3.05) is 6.54 Å². The molecule has 0 aliphatic heterocycles. The van der Waals surface area contributed by atoms with Crippen molar-refractivity contribution in [1.82, 2.24) is 15.5 Å². The standard InChI is InChI=1S/C13H22N4O3S/c1-7(2)8(3)6-15-13(18)11-12(21(14,19)20)10(16-17-11)9-4-5-9/h7-9H,4-6H2,1-3H3,(H,15,18)(H,16,17)(H2,14,19,20). The van der Waals surface area contributed by atoms with Crippen LogP contribution in [0.15, 0.2) is 4.90 Å². The molecule has 1 aliphatic rings. The first kappa shape index (κ1) is 16.0. The third-order valence-corrected chi connectivity index (χ3v) is 4.94. The molecule has 2 rings (SSSR count). The van der Waals surface area contributed by atoms with Gasteiger partial charge in [0.15, 0.2) is 5.69 Å². The summed E-state index contributed by atoms with van der Waals surface area (Å²) in [5, 5.41) is 14.5. The third kappa shape index (κ3) is 3.62. The van der Waals surface area contributed by atoms with E-state index < -0.39 is 15.9 Å². The highest BCUT2D eigenvalue weighted by Gasteiger charge is 2.35. The molecule has 0 bridgehead atoms. The summed E-state index contributed by atoms with van der Waals surface area (Å²) in [6.45, 7) is 6.61. The summed E-state index contributed by atoms with van der Waals surface area (Å²) in [7, 11) is -3.98. The minimum absolute atomic E-state index is 0.113. The van der Waals surface area contributed by atoms with Crippen LogP contribution in [0.1, 0.15) is 55.7 Å². The molecule has 1 heterocycles. The number of rotatable bonds is 6. The average molecular weight is 314 g/mol. The molecule has 1 saturated carbocycles. The first-order chi connectivity index (χ1) is 9.71. The Labute approximate surface area is 124 Å². The molecule has 0 saturated heterocycles. The number of aromatic nitrogens is 2. The van der Waals surface area contributed by atoms with Crippen molar-refractivity contribution in [3.05, 3.63) is 11.4 Å². The predicted octanol–water partition coefficient (Wildman–Crippen LogP) is 0.956. The summed E-state index contributed by atoms with van der Waals surface area (Å²) >= 11 is 0. The van der Waals surface area contributed by atoms with Gasteiger partial charge in [0, 0.05) is 12.5 Å². The zero-order valence-corrected chi connectivity index (χ0v) is 13.3. The number of primary sulfonamides is 1. The Morgan fingerprint density at radius 2 is 2.05 bits per heavy atom. The van der Waals surface area contributed by atoms with E-state index in [1.165, 1.54) is 0 Å². The maximum Gasteiger partial charge on any atom is 0.273 e. The number of sulfonamides is 1. The Bertz CT molecular complexity index is 632. The van der Waals surface area contributed by atoms with Crippen LogP contribution in [-0.4, -0.2) is 31.1 Å². The predicted molar refractivity (Wildman–Crippen MR) is 78.3 cm³/mol. The van der Waals surface area contributed by atoms with Crippen LogP contribution in [0.3, 0.4) is 0 Å². The van der Waals surface area contributed by atoms with Crippen LogP contribution in [-0.2, 0) is 10.0 Å². The second-order valence-electron chi connectivity index (χ2n) is 6.07. The lowest BCUT2D eigenvalue weighted by atomic mass is 9.98. The SMILES string of the molecule is CC(C)C(C)CNC(=O)c1n[nH]c(C2CC2)c1S(N)(=O)=O. The Morgan fingerprint density at radius 3 is 2.52 bits per heavy atom. The van der Waals surface area contributed by atoms with Gasteiger partial charge in [-0.1, -0.05) is 20.8 Å². The van der Waals surface area contributed by atoms with Gasteiger partial charge in [-0.05, 0) is 24.7 Å². The fourth-order valence-corrected chi connectivity index (χ4v) is 2.94. The molecule has 1 aromatic heterocycles. The lowest BCUT2D eigenvalue weighted by Crippen LogP contribution is -2.31. The molecular weight excluding hydrogens is 292 g/mol. The first-order valence-electron chi connectivity index (χ1n) is 7.11. The van der Waals surface area contributed by atoms with Crippen LogP contribution >= 0.6 is 0 Å². The van der Waals surface area contributed by atoms with Crippen molar-refractivity contribution in [2.45, 2.75) is 44.4 Å². The van der Waals surface area contributed by atoms with Crippen LogP contribution in [0.25, 0.3) is 0 Å². The van der Waals surface area contributed by atoms with E-state index in [9.17, 15) is 13.2 Å². The van der Waals surface area contributed by atoms with Crippen molar-refractivity contribution < 1.29 is 13.2 Å². The van der Waals surface area contributed by atoms with E-state index in [-0.39, 0.29) is 22.4 Å². The van der Waals surface area contributed by atoms with Crippen molar-refractivity contribution in [2.24, 2.45) is 17.0 Å². The number of carbonyl (C=O) groups excluding carboxylic acids is 1. The molecule has 0 radical (unpaired) electrons. The zero-order valence-electron chi connectivity index (χ0n) is 12.5. The lowest BCUT2D eigenvalue weighted by Gasteiger charge is -2.15. The van der Waals surface area contributed by atoms with E-state index in [0.717, 1.165) is 12.8 Å². The van der Waals surface area contributed by atoms with Crippen LogP contribution < -0.4 is 10.5 Å². The molecule has 1 unspecified atom stereocenters. The molecule has 1 aromatic rings. The molecule has 4 N–H and O–H groups in total. The van der Waals surface area contributed by atoms with E-state index in [1.54, 1.807) is 0 Å². The zero-order chi connectivity index (χ0) is 15.8. The van der Waals surface area contributed by atoms with Gasteiger partial charge in [0.2, 0.25) is 10.0 Å². The molecule has 1 atom stereocenters. The molecule has 7 nitrogen and oxygen atoms in total. The maximum absolute atomic E-state index is 12.2. The molecule has 21 heavy (non-hydrogen) atoms. The summed E-state index contributed by atoms with van der Waals surface area (Å²) in [6, 6.07) is 0. The number of hydrogen-bond donors (Lipinski definition) is 3. The van der Waals surface area contributed by atoms with Gasteiger partial charge < -0.3 is 5.32 Å². The monoisotopic (exact) mass is 314 g/mol. The quantitative estimate of drug-likeness (QED) is 0.724. The van der Waals surface area contributed by atoms with Gasteiger partial charge in [-0.15, -0.1) is 0 Å². The topological polar surface area (TPSA) is 118 Å². The number of carbonyl (C=O) groups is 1. The molecule has 0 aromatic carbocycles. The summed E-state index contributed by atoms with van der Waals surface area (Å²) in [4.78, 5) is 12.0. The highest BCUT2D eigenvalue weighted by Crippen LogP contribution is 2.42. The highest BCUT2D eigenvalue weighted by atomic mass is 32.2. The normalized spacial score (nSPS) is 17.0. The van der Waals surface area contributed by atoms with Gasteiger partial charge in [-0.3, -0.25) is 9.89 Å². The van der Waals surface area contributed by atoms with Crippen molar-refractivity contribution in [3.8, 4) is 0 Å². The smallest absolute Gasteiger partial charge is 0.273 e. The average Bonchev–Trinajstić information content (AvgIpc) is 3.12. The van der Waals surface area contributed by atoms with Gasteiger partial charge >= 0.3 is 0 Å². The molecular formula is C13H22N4O3S. The fraction of sp³-hybridized carbons (Fsp3) is 0.692. The maximum atomic E-state index is 12.2. The lowest BCUT2D eigenvalue weighted by molar-refractivity contribution is 0.0936. The Hall–Kier alpha value is -1.41. The van der Waals surface area contributed by atoms with E-state index >= 15 is 0 Å². The van der Waals surface area contributed by atoms with Crippen molar-refractivity contribution in [1.29, 1.82) is 0 Å². The third-order valence-electron chi connectivity index (χ3n) is 3.96. The largest absolute Gasteiger partial charge is 0.350 e. The van der Waals surface area contributed by atoms with Crippen LogP contribution in [0, 0.1) is 11.8 Å². The molecule has 1 amide bonds.